The summed E-state index contributed by atoms with van der Waals surface area (Å²) in [6.07, 6.45) is 4.55. The van der Waals surface area contributed by atoms with Crippen LogP contribution in [0.2, 0.25) is 5.02 Å². The van der Waals surface area contributed by atoms with Crippen LogP contribution in [0.3, 0.4) is 0 Å². The smallest absolute Gasteiger partial charge is 0.250 e. The van der Waals surface area contributed by atoms with Gasteiger partial charge in [0.05, 0.1) is 16.3 Å². The zero-order valence-electron chi connectivity index (χ0n) is 11.1. The SMILES string of the molecule is CC1CCC(Nc2c(Cl)cc(N)cc2C(N)=O)CC1. The standard InChI is InChI=1S/C14H20ClN3O/c1-8-2-4-10(5-3-8)18-13-11(14(17)19)6-9(16)7-12(13)15/h6-8,10,18H,2-5,16H2,1H3,(H2,17,19). The van der Waals surface area contributed by atoms with E-state index in [1.54, 1.807) is 12.1 Å². The molecule has 4 nitrogen and oxygen atoms in total. The van der Waals surface area contributed by atoms with Gasteiger partial charge in [-0.2, -0.15) is 0 Å². The average molecular weight is 282 g/mol. The van der Waals surface area contributed by atoms with E-state index in [-0.39, 0.29) is 0 Å². The Morgan fingerprint density at radius 3 is 2.53 bits per heavy atom. The summed E-state index contributed by atoms with van der Waals surface area (Å²) in [7, 11) is 0. The second kappa shape index (κ2) is 5.70. The summed E-state index contributed by atoms with van der Waals surface area (Å²) in [6, 6.07) is 3.56. The second-order valence-electron chi connectivity index (χ2n) is 5.39. The van der Waals surface area contributed by atoms with Gasteiger partial charge in [0, 0.05) is 11.7 Å². The first-order valence-corrected chi connectivity index (χ1v) is 7.00. The van der Waals surface area contributed by atoms with Crippen LogP contribution in [0.5, 0.6) is 0 Å². The Morgan fingerprint density at radius 2 is 1.95 bits per heavy atom. The van der Waals surface area contributed by atoms with E-state index >= 15 is 0 Å². The lowest BCUT2D eigenvalue weighted by Crippen LogP contribution is -2.27. The van der Waals surface area contributed by atoms with E-state index in [9.17, 15) is 4.79 Å². The Morgan fingerprint density at radius 1 is 1.32 bits per heavy atom. The maximum atomic E-state index is 11.5. The molecule has 0 atom stereocenters. The van der Waals surface area contributed by atoms with Crippen LogP contribution >= 0.6 is 11.6 Å². The molecule has 19 heavy (non-hydrogen) atoms. The predicted octanol–water partition coefficient (Wildman–Crippen LogP) is 3.01. The van der Waals surface area contributed by atoms with Crippen molar-refractivity contribution in [3.05, 3.63) is 22.7 Å². The molecule has 5 N–H and O–H groups in total. The summed E-state index contributed by atoms with van der Waals surface area (Å²) in [6.45, 7) is 2.27. The summed E-state index contributed by atoms with van der Waals surface area (Å²) in [5.41, 5.74) is 12.5. The maximum absolute atomic E-state index is 11.5. The van der Waals surface area contributed by atoms with Crippen molar-refractivity contribution in [3.8, 4) is 0 Å². The highest BCUT2D eigenvalue weighted by Crippen LogP contribution is 2.32. The molecule has 5 heteroatoms. The second-order valence-corrected chi connectivity index (χ2v) is 5.80. The Bertz CT molecular complexity index is 482. The summed E-state index contributed by atoms with van der Waals surface area (Å²) in [5, 5.41) is 3.81. The van der Waals surface area contributed by atoms with Crippen LogP contribution in [0.4, 0.5) is 11.4 Å². The Labute approximate surface area is 118 Å². The monoisotopic (exact) mass is 281 g/mol. The number of halogens is 1. The zero-order valence-corrected chi connectivity index (χ0v) is 11.8. The van der Waals surface area contributed by atoms with Crippen molar-refractivity contribution in [1.29, 1.82) is 0 Å². The van der Waals surface area contributed by atoms with Crippen LogP contribution in [0.25, 0.3) is 0 Å². The van der Waals surface area contributed by atoms with Crippen LogP contribution in [0.15, 0.2) is 12.1 Å². The van der Waals surface area contributed by atoms with E-state index in [1.165, 1.54) is 12.8 Å². The van der Waals surface area contributed by atoms with Crippen molar-refractivity contribution in [2.24, 2.45) is 11.7 Å². The summed E-state index contributed by atoms with van der Waals surface area (Å²) in [5.74, 6) is 0.261. The van der Waals surface area contributed by atoms with Crippen molar-refractivity contribution in [3.63, 3.8) is 0 Å². The molecule has 1 saturated carbocycles. The lowest BCUT2D eigenvalue weighted by atomic mass is 9.87. The molecule has 1 aliphatic rings. The molecular weight excluding hydrogens is 262 g/mol. The Hall–Kier alpha value is -1.42. The predicted molar refractivity (Wildman–Crippen MR) is 79.4 cm³/mol. The molecule has 104 valence electrons. The zero-order chi connectivity index (χ0) is 14.0. The number of amides is 1. The first kappa shape index (κ1) is 14.0. The van der Waals surface area contributed by atoms with E-state index in [2.05, 4.69) is 12.2 Å². The van der Waals surface area contributed by atoms with E-state index in [1.807, 2.05) is 0 Å². The number of rotatable bonds is 3. The summed E-state index contributed by atoms with van der Waals surface area (Å²) >= 11 is 6.18. The minimum atomic E-state index is -0.513. The molecule has 0 aliphatic heterocycles. The fourth-order valence-corrected chi connectivity index (χ4v) is 2.86. The Kier molecular flexibility index (Phi) is 4.20. The number of nitrogen functional groups attached to an aromatic ring is 1. The number of nitrogens with two attached hydrogens (primary N) is 2. The van der Waals surface area contributed by atoms with Crippen LogP contribution in [0, 0.1) is 5.92 Å². The van der Waals surface area contributed by atoms with Gasteiger partial charge < -0.3 is 16.8 Å². The third kappa shape index (κ3) is 3.32. The molecule has 0 unspecified atom stereocenters. The fraction of sp³-hybridized carbons (Fsp3) is 0.500. The molecule has 1 aliphatic carbocycles. The summed E-state index contributed by atoms with van der Waals surface area (Å²) < 4.78 is 0. The first-order valence-electron chi connectivity index (χ1n) is 6.62. The molecule has 1 aromatic carbocycles. The normalized spacial score (nSPS) is 23.1. The third-order valence-corrected chi connectivity index (χ3v) is 4.04. The highest BCUT2D eigenvalue weighted by Gasteiger charge is 2.21. The molecule has 0 aromatic heterocycles. The molecule has 1 amide bonds. The maximum Gasteiger partial charge on any atom is 0.250 e. The van der Waals surface area contributed by atoms with E-state index < -0.39 is 5.91 Å². The van der Waals surface area contributed by atoms with Gasteiger partial charge in [0.25, 0.3) is 5.91 Å². The molecule has 0 spiro atoms. The summed E-state index contributed by atoms with van der Waals surface area (Å²) in [4.78, 5) is 11.5. The largest absolute Gasteiger partial charge is 0.399 e. The molecule has 0 radical (unpaired) electrons. The van der Waals surface area contributed by atoms with Gasteiger partial charge in [0.1, 0.15) is 0 Å². The highest BCUT2D eigenvalue weighted by molar-refractivity contribution is 6.34. The van der Waals surface area contributed by atoms with Crippen molar-refractivity contribution < 1.29 is 4.79 Å². The molecular formula is C14H20ClN3O. The van der Waals surface area contributed by atoms with Gasteiger partial charge in [0.2, 0.25) is 0 Å². The molecule has 2 rings (SSSR count). The number of carbonyl (C=O) groups excluding carboxylic acids is 1. The number of hydrogen-bond acceptors (Lipinski definition) is 3. The van der Waals surface area contributed by atoms with Gasteiger partial charge in [0.15, 0.2) is 0 Å². The molecule has 0 saturated heterocycles. The molecule has 1 fully saturated rings. The lowest BCUT2D eigenvalue weighted by molar-refractivity contribution is 0.100. The van der Waals surface area contributed by atoms with Crippen molar-refractivity contribution in [1.82, 2.24) is 0 Å². The number of primary amides is 1. The van der Waals surface area contributed by atoms with Crippen LogP contribution in [-0.4, -0.2) is 11.9 Å². The fourth-order valence-electron chi connectivity index (χ4n) is 2.58. The number of anilines is 2. The Balaban J connectivity index is 2.21. The average Bonchev–Trinajstić information content (AvgIpc) is 2.34. The van der Waals surface area contributed by atoms with E-state index in [0.717, 1.165) is 18.8 Å². The van der Waals surface area contributed by atoms with Crippen molar-refractivity contribution in [2.45, 2.75) is 38.6 Å². The number of benzene rings is 1. The van der Waals surface area contributed by atoms with Crippen molar-refractivity contribution >= 4 is 28.9 Å². The molecule has 0 heterocycles. The quantitative estimate of drug-likeness (QED) is 0.745. The number of carbonyl (C=O) groups is 1. The molecule has 0 bridgehead atoms. The van der Waals surface area contributed by atoms with Gasteiger partial charge in [-0.3, -0.25) is 4.79 Å². The van der Waals surface area contributed by atoms with Crippen molar-refractivity contribution in [2.75, 3.05) is 11.1 Å². The number of nitrogens with one attached hydrogen (secondary N) is 1. The topological polar surface area (TPSA) is 81.1 Å². The number of hydrogen-bond donors (Lipinski definition) is 3. The van der Waals surface area contributed by atoms with Gasteiger partial charge in [-0.05, 0) is 43.7 Å². The first-order chi connectivity index (χ1) is 8.97. The van der Waals surface area contributed by atoms with Gasteiger partial charge >= 0.3 is 0 Å². The third-order valence-electron chi connectivity index (χ3n) is 3.74. The minimum Gasteiger partial charge on any atom is -0.399 e. The molecule has 1 aromatic rings. The minimum absolute atomic E-state index is 0.343. The highest BCUT2D eigenvalue weighted by atomic mass is 35.5. The van der Waals surface area contributed by atoms with E-state index in [0.29, 0.717) is 28.0 Å². The van der Waals surface area contributed by atoms with Gasteiger partial charge in [-0.15, -0.1) is 0 Å². The van der Waals surface area contributed by atoms with Crippen LogP contribution in [0.1, 0.15) is 43.0 Å². The van der Waals surface area contributed by atoms with Crippen LogP contribution < -0.4 is 16.8 Å². The van der Waals surface area contributed by atoms with Crippen LogP contribution in [-0.2, 0) is 0 Å². The van der Waals surface area contributed by atoms with E-state index in [4.69, 9.17) is 23.1 Å². The van der Waals surface area contributed by atoms with Gasteiger partial charge in [-0.1, -0.05) is 18.5 Å². The van der Waals surface area contributed by atoms with Gasteiger partial charge in [-0.25, -0.2) is 0 Å². The lowest BCUT2D eigenvalue weighted by Gasteiger charge is -2.28.